The molecule has 0 aliphatic carbocycles. The zero-order valence-corrected chi connectivity index (χ0v) is 10.2. The van der Waals surface area contributed by atoms with Crippen molar-refractivity contribution in [1.29, 1.82) is 0 Å². The van der Waals surface area contributed by atoms with Crippen LogP contribution in [-0.4, -0.2) is 11.9 Å². The van der Waals surface area contributed by atoms with Gasteiger partial charge in [0, 0.05) is 24.0 Å². The lowest BCUT2D eigenvalue weighted by molar-refractivity contribution is 0.529. The lowest BCUT2D eigenvalue weighted by atomic mass is 10.1. The highest BCUT2D eigenvalue weighted by molar-refractivity contribution is 6.20. The van der Waals surface area contributed by atoms with Gasteiger partial charge in [-0.15, -0.1) is 11.6 Å². The monoisotopic (exact) mass is 247 g/mol. The van der Waals surface area contributed by atoms with Gasteiger partial charge >= 0.3 is 0 Å². The van der Waals surface area contributed by atoms with Crippen LogP contribution in [0.15, 0.2) is 18.2 Å². The lowest BCUT2D eigenvalue weighted by Gasteiger charge is -2.14. The molecule has 90 valence electrons. The summed E-state index contributed by atoms with van der Waals surface area (Å²) in [6.07, 6.45) is 0. The van der Waals surface area contributed by atoms with E-state index in [-0.39, 0.29) is 5.38 Å². The third-order valence-corrected chi connectivity index (χ3v) is 3.04. The first-order valence-electron chi connectivity index (χ1n) is 5.29. The summed E-state index contributed by atoms with van der Waals surface area (Å²) in [5, 5.41) is 3.01. The second-order valence-electron chi connectivity index (χ2n) is 4.13. The number of hydrogen-bond acceptors (Lipinski definition) is 1. The third-order valence-electron chi connectivity index (χ3n) is 2.39. The largest absolute Gasteiger partial charge is 0.311 e. The van der Waals surface area contributed by atoms with Gasteiger partial charge in [0.05, 0.1) is 0 Å². The van der Waals surface area contributed by atoms with Crippen molar-refractivity contribution in [3.05, 3.63) is 35.4 Å². The van der Waals surface area contributed by atoms with E-state index in [1.54, 1.807) is 0 Å². The molecule has 0 aromatic heterocycles. The summed E-state index contributed by atoms with van der Waals surface area (Å²) in [5.74, 6) is -0.472. The zero-order chi connectivity index (χ0) is 12.1. The molecular weight excluding hydrogens is 232 g/mol. The van der Waals surface area contributed by atoms with Gasteiger partial charge in [-0.05, 0) is 24.1 Å². The van der Waals surface area contributed by atoms with Crippen molar-refractivity contribution in [2.75, 3.05) is 6.54 Å². The van der Waals surface area contributed by atoms with Crippen molar-refractivity contribution in [2.24, 2.45) is 5.92 Å². The first-order chi connectivity index (χ1) is 7.50. The number of benzene rings is 1. The number of hydrogen-bond donors (Lipinski definition) is 1. The molecular formula is C12H16ClF2N. The molecule has 1 aromatic carbocycles. The van der Waals surface area contributed by atoms with Crippen molar-refractivity contribution in [1.82, 2.24) is 5.32 Å². The first-order valence-corrected chi connectivity index (χ1v) is 5.73. The van der Waals surface area contributed by atoms with Crippen molar-refractivity contribution in [3.63, 3.8) is 0 Å². The van der Waals surface area contributed by atoms with Crippen LogP contribution >= 0.6 is 11.6 Å². The molecule has 0 aliphatic heterocycles. The van der Waals surface area contributed by atoms with E-state index in [4.69, 9.17) is 11.6 Å². The molecule has 1 rings (SSSR count). The SMILES string of the molecule is CC(C)C(Cl)CNCc1cc(F)ccc1F. The zero-order valence-electron chi connectivity index (χ0n) is 9.43. The van der Waals surface area contributed by atoms with Gasteiger partial charge in [0.1, 0.15) is 11.6 Å². The summed E-state index contributed by atoms with van der Waals surface area (Å²) in [4.78, 5) is 0. The fraction of sp³-hybridized carbons (Fsp3) is 0.500. The van der Waals surface area contributed by atoms with Crippen LogP contribution in [0.1, 0.15) is 19.4 Å². The molecule has 0 spiro atoms. The summed E-state index contributed by atoms with van der Waals surface area (Å²) in [7, 11) is 0. The average Bonchev–Trinajstić information content (AvgIpc) is 2.22. The minimum atomic E-state index is -0.426. The Morgan fingerprint density at radius 1 is 1.31 bits per heavy atom. The van der Waals surface area contributed by atoms with Crippen LogP contribution in [0.25, 0.3) is 0 Å². The fourth-order valence-electron chi connectivity index (χ4n) is 1.26. The van der Waals surface area contributed by atoms with Crippen LogP contribution in [-0.2, 0) is 6.54 Å². The smallest absolute Gasteiger partial charge is 0.127 e. The number of alkyl halides is 1. The number of halogens is 3. The Kier molecular flexibility index (Phi) is 5.16. The molecule has 1 unspecified atom stereocenters. The van der Waals surface area contributed by atoms with Gasteiger partial charge in [-0.25, -0.2) is 8.78 Å². The van der Waals surface area contributed by atoms with E-state index in [1.807, 2.05) is 13.8 Å². The Labute approximate surface area is 99.8 Å². The molecule has 0 fully saturated rings. The molecule has 0 heterocycles. The second-order valence-corrected chi connectivity index (χ2v) is 4.69. The lowest BCUT2D eigenvalue weighted by Crippen LogP contribution is -2.26. The van der Waals surface area contributed by atoms with E-state index in [9.17, 15) is 8.78 Å². The minimum Gasteiger partial charge on any atom is -0.311 e. The van der Waals surface area contributed by atoms with E-state index in [2.05, 4.69) is 5.32 Å². The van der Waals surface area contributed by atoms with E-state index in [0.717, 1.165) is 12.1 Å². The molecule has 1 atom stereocenters. The van der Waals surface area contributed by atoms with Gasteiger partial charge < -0.3 is 5.32 Å². The molecule has 0 saturated heterocycles. The fourth-order valence-corrected chi connectivity index (χ4v) is 1.37. The van der Waals surface area contributed by atoms with E-state index < -0.39 is 11.6 Å². The van der Waals surface area contributed by atoms with Gasteiger partial charge in [-0.2, -0.15) is 0 Å². The van der Waals surface area contributed by atoms with Gasteiger partial charge in [-0.1, -0.05) is 13.8 Å². The highest BCUT2D eigenvalue weighted by Crippen LogP contribution is 2.11. The molecule has 0 saturated carbocycles. The molecule has 0 bridgehead atoms. The van der Waals surface area contributed by atoms with E-state index >= 15 is 0 Å². The van der Waals surface area contributed by atoms with Crippen LogP contribution in [0.4, 0.5) is 8.78 Å². The summed E-state index contributed by atoms with van der Waals surface area (Å²) in [6, 6.07) is 3.44. The quantitative estimate of drug-likeness (QED) is 0.787. The van der Waals surface area contributed by atoms with Crippen molar-refractivity contribution >= 4 is 11.6 Å². The highest BCUT2D eigenvalue weighted by Gasteiger charge is 2.09. The molecule has 0 radical (unpaired) electrons. The van der Waals surface area contributed by atoms with Crippen LogP contribution < -0.4 is 5.32 Å². The first kappa shape index (κ1) is 13.4. The topological polar surface area (TPSA) is 12.0 Å². The molecule has 0 amide bonds. The molecule has 1 N–H and O–H groups in total. The van der Waals surface area contributed by atoms with Gasteiger partial charge in [-0.3, -0.25) is 0 Å². The summed E-state index contributed by atoms with van der Waals surface area (Å²) in [5.41, 5.74) is 0.327. The maximum atomic E-state index is 13.2. The minimum absolute atomic E-state index is 0.00313. The predicted octanol–water partition coefficient (Wildman–Crippen LogP) is 3.32. The summed E-state index contributed by atoms with van der Waals surface area (Å²) < 4.78 is 26.1. The average molecular weight is 248 g/mol. The van der Waals surface area contributed by atoms with Gasteiger partial charge in [0.25, 0.3) is 0 Å². The Balaban J connectivity index is 2.45. The van der Waals surface area contributed by atoms with E-state index in [1.165, 1.54) is 6.07 Å². The number of nitrogens with one attached hydrogen (secondary N) is 1. The standard InChI is InChI=1S/C12H16ClF2N/c1-8(2)11(13)7-16-6-9-5-10(14)3-4-12(9)15/h3-5,8,11,16H,6-7H2,1-2H3. The highest BCUT2D eigenvalue weighted by atomic mass is 35.5. The molecule has 1 nitrogen and oxygen atoms in total. The molecule has 1 aromatic rings. The summed E-state index contributed by atoms with van der Waals surface area (Å²) in [6.45, 7) is 4.90. The molecule has 16 heavy (non-hydrogen) atoms. The second kappa shape index (κ2) is 6.16. The van der Waals surface area contributed by atoms with Gasteiger partial charge in [0.15, 0.2) is 0 Å². The Morgan fingerprint density at radius 3 is 2.62 bits per heavy atom. The summed E-state index contributed by atoms with van der Waals surface area (Å²) >= 11 is 6.02. The third kappa shape index (κ3) is 4.06. The Hall–Kier alpha value is -0.670. The Morgan fingerprint density at radius 2 is 2.00 bits per heavy atom. The maximum absolute atomic E-state index is 13.2. The van der Waals surface area contributed by atoms with Crippen molar-refractivity contribution in [3.8, 4) is 0 Å². The molecule has 0 aliphatic rings. The normalized spacial score (nSPS) is 13.1. The van der Waals surface area contributed by atoms with Crippen LogP contribution in [0.5, 0.6) is 0 Å². The number of rotatable bonds is 5. The molecule has 4 heteroatoms. The Bertz CT molecular complexity index is 342. The predicted molar refractivity (Wildman–Crippen MR) is 62.5 cm³/mol. The van der Waals surface area contributed by atoms with Crippen LogP contribution in [0.3, 0.4) is 0 Å². The van der Waals surface area contributed by atoms with E-state index in [0.29, 0.717) is 24.6 Å². The van der Waals surface area contributed by atoms with Gasteiger partial charge in [0.2, 0.25) is 0 Å². The van der Waals surface area contributed by atoms with Crippen molar-refractivity contribution in [2.45, 2.75) is 25.8 Å². The maximum Gasteiger partial charge on any atom is 0.127 e. The van der Waals surface area contributed by atoms with Crippen LogP contribution in [0.2, 0.25) is 0 Å². The van der Waals surface area contributed by atoms with Crippen molar-refractivity contribution < 1.29 is 8.78 Å². The van der Waals surface area contributed by atoms with Crippen LogP contribution in [0, 0.1) is 17.6 Å².